The van der Waals surface area contributed by atoms with E-state index in [-0.39, 0.29) is 6.04 Å². The second kappa shape index (κ2) is 4.14. The fourth-order valence-electron chi connectivity index (χ4n) is 2.07. The molecule has 0 saturated carbocycles. The maximum absolute atomic E-state index is 11.1. The van der Waals surface area contributed by atoms with Crippen LogP contribution in [0.15, 0.2) is 18.2 Å². The lowest BCUT2D eigenvalue weighted by atomic mass is 9.98. The lowest BCUT2D eigenvalue weighted by Gasteiger charge is -2.27. The smallest absolute Gasteiger partial charge is 0.411 e. The molecule has 2 rings (SSSR count). The Morgan fingerprint density at radius 1 is 1.56 bits per heavy atom. The number of benzene rings is 1. The van der Waals surface area contributed by atoms with Crippen molar-refractivity contribution in [2.45, 2.75) is 25.8 Å². The molecule has 1 aliphatic rings. The van der Waals surface area contributed by atoms with Crippen molar-refractivity contribution in [1.29, 1.82) is 0 Å². The quantitative estimate of drug-likeness (QED) is 0.762. The molecule has 1 heterocycles. The predicted molar refractivity (Wildman–Crippen MR) is 62.7 cm³/mol. The van der Waals surface area contributed by atoms with Crippen molar-refractivity contribution in [2.75, 3.05) is 11.4 Å². The van der Waals surface area contributed by atoms with Crippen LogP contribution in [0.3, 0.4) is 0 Å². The highest BCUT2D eigenvalue weighted by Crippen LogP contribution is 2.29. The van der Waals surface area contributed by atoms with E-state index in [1.807, 2.05) is 25.1 Å². The van der Waals surface area contributed by atoms with E-state index in [0.717, 1.165) is 29.7 Å². The standard InChI is InChI=1S/C12H16N2O2/c1-8(13)10-5-4-9-3-2-6-14(12(15)16)11(9)7-10/h4-5,7-8H,2-3,6,13H2,1H3,(H,15,16). The van der Waals surface area contributed by atoms with Crippen molar-refractivity contribution in [1.82, 2.24) is 0 Å². The van der Waals surface area contributed by atoms with E-state index in [4.69, 9.17) is 10.8 Å². The van der Waals surface area contributed by atoms with E-state index in [9.17, 15) is 4.79 Å². The molecular formula is C12H16N2O2. The zero-order valence-corrected chi connectivity index (χ0v) is 9.31. The fourth-order valence-corrected chi connectivity index (χ4v) is 2.07. The fraction of sp³-hybridized carbons (Fsp3) is 0.417. The summed E-state index contributed by atoms with van der Waals surface area (Å²) >= 11 is 0. The van der Waals surface area contributed by atoms with Gasteiger partial charge in [0.1, 0.15) is 0 Å². The van der Waals surface area contributed by atoms with E-state index in [0.29, 0.717) is 6.54 Å². The second-order valence-electron chi connectivity index (χ2n) is 4.21. The number of aryl methyl sites for hydroxylation is 1. The number of nitrogens with zero attached hydrogens (tertiary/aromatic N) is 1. The van der Waals surface area contributed by atoms with Crippen molar-refractivity contribution in [3.05, 3.63) is 29.3 Å². The largest absolute Gasteiger partial charge is 0.465 e. The average molecular weight is 220 g/mol. The molecule has 1 unspecified atom stereocenters. The van der Waals surface area contributed by atoms with Crippen LogP contribution >= 0.6 is 0 Å². The van der Waals surface area contributed by atoms with Crippen LogP contribution in [0.5, 0.6) is 0 Å². The Kier molecular flexibility index (Phi) is 2.83. The van der Waals surface area contributed by atoms with Gasteiger partial charge in [-0.25, -0.2) is 4.79 Å². The molecule has 1 aromatic carbocycles. The zero-order valence-electron chi connectivity index (χ0n) is 9.31. The Morgan fingerprint density at radius 2 is 2.31 bits per heavy atom. The van der Waals surface area contributed by atoms with Gasteiger partial charge in [-0.05, 0) is 37.0 Å². The van der Waals surface area contributed by atoms with Gasteiger partial charge in [-0.15, -0.1) is 0 Å². The second-order valence-corrected chi connectivity index (χ2v) is 4.21. The molecule has 4 nitrogen and oxygen atoms in total. The molecule has 16 heavy (non-hydrogen) atoms. The molecule has 4 heteroatoms. The summed E-state index contributed by atoms with van der Waals surface area (Å²) in [6.07, 6.45) is 0.942. The lowest BCUT2D eigenvalue weighted by Crippen LogP contribution is -2.34. The number of carbonyl (C=O) groups is 1. The van der Waals surface area contributed by atoms with Crippen LogP contribution < -0.4 is 10.6 Å². The van der Waals surface area contributed by atoms with Crippen LogP contribution in [0.2, 0.25) is 0 Å². The molecule has 86 valence electrons. The Balaban J connectivity index is 2.44. The van der Waals surface area contributed by atoms with E-state index in [2.05, 4.69) is 0 Å². The lowest BCUT2D eigenvalue weighted by molar-refractivity contribution is 0.201. The van der Waals surface area contributed by atoms with Gasteiger partial charge in [-0.1, -0.05) is 12.1 Å². The minimum Gasteiger partial charge on any atom is -0.465 e. The number of rotatable bonds is 1. The van der Waals surface area contributed by atoms with E-state index < -0.39 is 6.09 Å². The number of hydrogen-bond donors (Lipinski definition) is 2. The summed E-state index contributed by atoms with van der Waals surface area (Å²) in [7, 11) is 0. The summed E-state index contributed by atoms with van der Waals surface area (Å²) in [6, 6.07) is 5.80. The van der Waals surface area contributed by atoms with Crippen LogP contribution in [0.4, 0.5) is 10.5 Å². The highest BCUT2D eigenvalue weighted by molar-refractivity contribution is 5.87. The van der Waals surface area contributed by atoms with Crippen molar-refractivity contribution in [3.8, 4) is 0 Å². The normalized spacial score (nSPS) is 16.8. The Bertz CT molecular complexity index is 415. The molecule has 1 aromatic rings. The van der Waals surface area contributed by atoms with Gasteiger partial charge >= 0.3 is 6.09 Å². The number of carboxylic acid groups (broad SMARTS) is 1. The third-order valence-electron chi connectivity index (χ3n) is 2.98. The van der Waals surface area contributed by atoms with E-state index in [1.54, 1.807) is 0 Å². The first-order valence-electron chi connectivity index (χ1n) is 5.48. The van der Waals surface area contributed by atoms with Gasteiger partial charge in [-0.3, -0.25) is 4.90 Å². The van der Waals surface area contributed by atoms with Crippen molar-refractivity contribution < 1.29 is 9.90 Å². The maximum atomic E-state index is 11.1. The minimum absolute atomic E-state index is 0.0668. The highest BCUT2D eigenvalue weighted by Gasteiger charge is 2.22. The maximum Gasteiger partial charge on any atom is 0.411 e. The van der Waals surface area contributed by atoms with E-state index in [1.165, 1.54) is 4.90 Å². The molecule has 0 aliphatic carbocycles. The number of hydrogen-bond acceptors (Lipinski definition) is 2. The van der Waals surface area contributed by atoms with Gasteiger partial charge in [0.05, 0.1) is 5.69 Å². The molecule has 0 spiro atoms. The summed E-state index contributed by atoms with van der Waals surface area (Å²) in [5.41, 5.74) is 8.68. The van der Waals surface area contributed by atoms with Gasteiger partial charge in [0.2, 0.25) is 0 Å². The third kappa shape index (κ3) is 1.88. The molecular weight excluding hydrogens is 204 g/mol. The molecule has 1 atom stereocenters. The van der Waals surface area contributed by atoms with Crippen LogP contribution in [-0.2, 0) is 6.42 Å². The highest BCUT2D eigenvalue weighted by atomic mass is 16.4. The van der Waals surface area contributed by atoms with Crippen LogP contribution in [-0.4, -0.2) is 17.7 Å². The molecule has 0 bridgehead atoms. The summed E-state index contributed by atoms with van der Waals surface area (Å²) in [4.78, 5) is 12.5. The summed E-state index contributed by atoms with van der Waals surface area (Å²) in [6.45, 7) is 2.47. The first-order chi connectivity index (χ1) is 7.59. The van der Waals surface area contributed by atoms with Crippen LogP contribution in [0.1, 0.15) is 30.5 Å². The molecule has 0 aromatic heterocycles. The van der Waals surface area contributed by atoms with Gasteiger partial charge < -0.3 is 10.8 Å². The molecule has 1 amide bonds. The summed E-state index contributed by atoms with van der Waals surface area (Å²) in [5.74, 6) is 0. The zero-order chi connectivity index (χ0) is 11.7. The summed E-state index contributed by atoms with van der Waals surface area (Å²) < 4.78 is 0. The average Bonchev–Trinajstić information content (AvgIpc) is 2.27. The van der Waals surface area contributed by atoms with E-state index >= 15 is 0 Å². The molecule has 3 N–H and O–H groups in total. The minimum atomic E-state index is -0.886. The Labute approximate surface area is 94.7 Å². The first kappa shape index (κ1) is 11.0. The predicted octanol–water partition coefficient (Wildman–Crippen LogP) is 2.14. The molecule has 0 fully saturated rings. The molecule has 1 aliphatic heterocycles. The van der Waals surface area contributed by atoms with Crippen molar-refractivity contribution in [3.63, 3.8) is 0 Å². The number of nitrogens with two attached hydrogens (primary N) is 1. The monoisotopic (exact) mass is 220 g/mol. The van der Waals surface area contributed by atoms with Crippen LogP contribution in [0.25, 0.3) is 0 Å². The van der Waals surface area contributed by atoms with Gasteiger partial charge in [-0.2, -0.15) is 0 Å². The molecule has 0 radical (unpaired) electrons. The summed E-state index contributed by atoms with van der Waals surface area (Å²) in [5, 5.41) is 9.11. The third-order valence-corrected chi connectivity index (χ3v) is 2.98. The van der Waals surface area contributed by atoms with Gasteiger partial charge in [0.25, 0.3) is 0 Å². The van der Waals surface area contributed by atoms with Gasteiger partial charge in [0.15, 0.2) is 0 Å². The number of amides is 1. The van der Waals surface area contributed by atoms with Crippen molar-refractivity contribution >= 4 is 11.8 Å². The van der Waals surface area contributed by atoms with Gasteiger partial charge in [0, 0.05) is 12.6 Å². The SMILES string of the molecule is CC(N)c1ccc2c(c1)N(C(=O)O)CCC2. The first-order valence-corrected chi connectivity index (χ1v) is 5.48. The van der Waals surface area contributed by atoms with Crippen molar-refractivity contribution in [2.24, 2.45) is 5.73 Å². The Morgan fingerprint density at radius 3 is 2.94 bits per heavy atom. The van der Waals surface area contributed by atoms with Crippen LogP contribution in [0, 0.1) is 0 Å². The Hall–Kier alpha value is -1.55. The number of anilines is 1. The topological polar surface area (TPSA) is 66.6 Å². The number of fused-ring (bicyclic) bond motifs is 1. The molecule has 0 saturated heterocycles.